The van der Waals surface area contributed by atoms with E-state index in [0.717, 1.165) is 17.7 Å². The molecule has 1 amide bonds. The fourth-order valence-electron chi connectivity index (χ4n) is 4.66. The zero-order valence-electron chi connectivity index (χ0n) is 18.2. The summed E-state index contributed by atoms with van der Waals surface area (Å²) in [6.07, 6.45) is 5.64. The molecule has 0 unspecified atom stereocenters. The Morgan fingerprint density at radius 1 is 1.17 bits per heavy atom. The highest BCUT2D eigenvalue weighted by molar-refractivity contribution is 5.84. The summed E-state index contributed by atoms with van der Waals surface area (Å²) in [5.74, 6) is 1.54. The van der Waals surface area contributed by atoms with Gasteiger partial charge in [0.2, 0.25) is 5.91 Å². The second-order valence-electron chi connectivity index (χ2n) is 8.45. The van der Waals surface area contributed by atoms with E-state index in [1.807, 2.05) is 18.2 Å². The second kappa shape index (κ2) is 7.71. The molecule has 0 spiro atoms. The number of hydrogen-bond donors (Lipinski definition) is 1. The third-order valence-corrected chi connectivity index (χ3v) is 6.31. The number of carbonyl (C=O) groups is 1. The molecule has 1 saturated heterocycles. The molecule has 2 aliphatic rings. The minimum Gasteiger partial charge on any atom is -0.493 e. The van der Waals surface area contributed by atoms with Gasteiger partial charge >= 0.3 is 0 Å². The van der Waals surface area contributed by atoms with Crippen molar-refractivity contribution < 1.29 is 14.3 Å². The van der Waals surface area contributed by atoms with Gasteiger partial charge in [-0.15, -0.1) is 0 Å². The molecule has 0 radical (unpaired) electrons. The number of nitrogens with zero attached hydrogens (tertiary/aromatic N) is 1. The Bertz CT molecular complexity index is 982. The first-order valence-electron chi connectivity index (χ1n) is 10.6. The predicted octanol–water partition coefficient (Wildman–Crippen LogP) is 4.51. The van der Waals surface area contributed by atoms with Crippen LogP contribution in [-0.4, -0.2) is 31.8 Å². The molecule has 2 aliphatic heterocycles. The number of rotatable bonds is 6. The highest BCUT2D eigenvalue weighted by Crippen LogP contribution is 2.52. The average molecular weight is 407 g/mol. The van der Waals surface area contributed by atoms with Crippen molar-refractivity contribution >= 4 is 17.7 Å². The molecule has 30 heavy (non-hydrogen) atoms. The quantitative estimate of drug-likeness (QED) is 0.767. The van der Waals surface area contributed by atoms with E-state index in [0.29, 0.717) is 25.3 Å². The maximum Gasteiger partial charge on any atom is 0.223 e. The molecule has 0 aromatic heterocycles. The molecule has 5 heteroatoms. The van der Waals surface area contributed by atoms with Gasteiger partial charge in [-0.3, -0.25) is 4.79 Å². The van der Waals surface area contributed by atoms with E-state index in [1.54, 1.807) is 7.11 Å². The van der Waals surface area contributed by atoms with Crippen molar-refractivity contribution in [2.24, 2.45) is 0 Å². The smallest absolute Gasteiger partial charge is 0.223 e. The molecular formula is C25H30N2O3. The lowest BCUT2D eigenvalue weighted by Crippen LogP contribution is -2.68. The first kappa shape index (κ1) is 20.3. The molecule has 2 heterocycles. The van der Waals surface area contributed by atoms with Crippen LogP contribution in [0.5, 0.6) is 11.5 Å². The molecule has 2 aromatic rings. The molecule has 5 nitrogen and oxygen atoms in total. The largest absolute Gasteiger partial charge is 0.493 e. The molecule has 1 fully saturated rings. The van der Waals surface area contributed by atoms with Gasteiger partial charge in [-0.25, -0.2) is 0 Å². The van der Waals surface area contributed by atoms with Crippen LogP contribution < -0.4 is 19.7 Å². The molecule has 4 rings (SSSR count). The molecule has 0 aliphatic carbocycles. The zero-order valence-corrected chi connectivity index (χ0v) is 18.2. The molecule has 0 bridgehead atoms. The van der Waals surface area contributed by atoms with E-state index in [9.17, 15) is 4.79 Å². The molecule has 158 valence electrons. The number of amides is 1. The van der Waals surface area contributed by atoms with E-state index in [1.165, 1.54) is 11.3 Å². The van der Waals surface area contributed by atoms with Crippen LogP contribution in [-0.2, 0) is 10.2 Å². The van der Waals surface area contributed by atoms with Crippen molar-refractivity contribution in [3.8, 4) is 11.5 Å². The summed E-state index contributed by atoms with van der Waals surface area (Å²) in [6.45, 7) is 7.83. The first-order chi connectivity index (χ1) is 14.4. The maximum atomic E-state index is 12.5. The number of hydrogen-bond acceptors (Lipinski definition) is 4. The molecule has 1 N–H and O–H groups in total. The van der Waals surface area contributed by atoms with E-state index < -0.39 is 5.66 Å². The zero-order chi connectivity index (χ0) is 21.4. The predicted molar refractivity (Wildman–Crippen MR) is 120 cm³/mol. The van der Waals surface area contributed by atoms with Crippen LogP contribution in [0.2, 0.25) is 0 Å². The lowest BCUT2D eigenvalue weighted by atomic mass is 9.74. The van der Waals surface area contributed by atoms with Crippen LogP contribution >= 0.6 is 0 Å². The van der Waals surface area contributed by atoms with Gasteiger partial charge in [0.25, 0.3) is 0 Å². The lowest BCUT2D eigenvalue weighted by molar-refractivity contribution is -0.124. The topological polar surface area (TPSA) is 50.8 Å². The standard InChI is InChI=1S/C25H30N2O3/c1-5-16-30-21-11-10-18(17-22(21)29-4)12-14-25-24(2,3)19-8-6-7-9-20(19)27(25)15-13-23(28)26-25/h6-12,14,17H,5,13,15-16H2,1-4H3,(H,26,28)/b14-12+/t25-/m0/s1. The van der Waals surface area contributed by atoms with Crippen molar-refractivity contribution in [2.45, 2.75) is 44.7 Å². The van der Waals surface area contributed by atoms with E-state index >= 15 is 0 Å². The van der Waals surface area contributed by atoms with E-state index in [-0.39, 0.29) is 11.3 Å². The summed E-state index contributed by atoms with van der Waals surface area (Å²) in [5.41, 5.74) is 2.53. The number of methoxy groups -OCH3 is 1. The Labute approximate surface area is 178 Å². The number of nitrogens with one attached hydrogen (secondary N) is 1. The van der Waals surface area contributed by atoms with Gasteiger partial charge in [0, 0.05) is 24.1 Å². The number of benzene rings is 2. The van der Waals surface area contributed by atoms with Gasteiger partial charge in [-0.2, -0.15) is 0 Å². The Hall–Kier alpha value is -2.95. The highest BCUT2D eigenvalue weighted by atomic mass is 16.5. The Morgan fingerprint density at radius 2 is 1.97 bits per heavy atom. The summed E-state index contributed by atoms with van der Waals surface area (Å²) < 4.78 is 11.3. The third kappa shape index (κ3) is 3.13. The van der Waals surface area contributed by atoms with Crippen molar-refractivity contribution in [1.29, 1.82) is 0 Å². The lowest BCUT2D eigenvalue weighted by Gasteiger charge is -2.49. The van der Waals surface area contributed by atoms with Gasteiger partial charge in [-0.05, 0) is 41.8 Å². The monoisotopic (exact) mass is 406 g/mol. The number of para-hydroxylation sites is 1. The van der Waals surface area contributed by atoms with E-state index in [4.69, 9.17) is 9.47 Å². The van der Waals surface area contributed by atoms with Crippen molar-refractivity contribution in [2.75, 3.05) is 25.2 Å². The number of anilines is 1. The molecule has 2 aromatic carbocycles. The van der Waals surface area contributed by atoms with Gasteiger partial charge in [0.05, 0.1) is 13.7 Å². The van der Waals surface area contributed by atoms with Gasteiger partial charge in [-0.1, -0.05) is 51.1 Å². The highest BCUT2D eigenvalue weighted by Gasteiger charge is 2.57. The van der Waals surface area contributed by atoms with Crippen LogP contribution in [0.15, 0.2) is 48.5 Å². The molecular weight excluding hydrogens is 376 g/mol. The number of ether oxygens (including phenoxy) is 2. The van der Waals surface area contributed by atoms with Gasteiger partial charge in [0.1, 0.15) is 5.66 Å². The Balaban J connectivity index is 1.73. The van der Waals surface area contributed by atoms with Crippen LogP contribution in [0.3, 0.4) is 0 Å². The fraction of sp³-hybridized carbons (Fsp3) is 0.400. The average Bonchev–Trinajstić information content (AvgIpc) is 2.95. The Morgan fingerprint density at radius 3 is 2.73 bits per heavy atom. The number of fused-ring (bicyclic) bond motifs is 3. The first-order valence-corrected chi connectivity index (χ1v) is 10.6. The van der Waals surface area contributed by atoms with Crippen molar-refractivity contribution in [3.05, 3.63) is 59.7 Å². The summed E-state index contributed by atoms with van der Waals surface area (Å²) in [4.78, 5) is 14.8. The fourth-order valence-corrected chi connectivity index (χ4v) is 4.66. The van der Waals surface area contributed by atoms with Crippen LogP contribution in [0.1, 0.15) is 44.7 Å². The normalized spacial score (nSPS) is 21.9. The van der Waals surface area contributed by atoms with Crippen LogP contribution in [0.25, 0.3) is 6.08 Å². The van der Waals surface area contributed by atoms with Gasteiger partial charge in [0.15, 0.2) is 11.5 Å². The Kier molecular flexibility index (Phi) is 5.22. The molecule has 1 atom stereocenters. The summed E-state index contributed by atoms with van der Waals surface area (Å²) in [6, 6.07) is 14.4. The summed E-state index contributed by atoms with van der Waals surface area (Å²) in [5, 5.41) is 3.31. The van der Waals surface area contributed by atoms with Crippen LogP contribution in [0.4, 0.5) is 5.69 Å². The maximum absolute atomic E-state index is 12.5. The van der Waals surface area contributed by atoms with Gasteiger partial charge < -0.3 is 19.7 Å². The SMILES string of the molecule is CCCOc1ccc(/C=C/[C@]23NC(=O)CCN2c2ccccc2C3(C)C)cc1OC. The summed E-state index contributed by atoms with van der Waals surface area (Å²) >= 11 is 0. The third-order valence-electron chi connectivity index (χ3n) is 6.31. The second-order valence-corrected chi connectivity index (χ2v) is 8.45. The minimum absolute atomic E-state index is 0.0812. The molecule has 0 saturated carbocycles. The van der Waals surface area contributed by atoms with Crippen molar-refractivity contribution in [3.63, 3.8) is 0 Å². The van der Waals surface area contributed by atoms with Crippen LogP contribution in [0, 0.1) is 0 Å². The minimum atomic E-state index is -0.614. The van der Waals surface area contributed by atoms with E-state index in [2.05, 4.69) is 67.4 Å². The summed E-state index contributed by atoms with van der Waals surface area (Å²) in [7, 11) is 1.65. The number of carbonyl (C=O) groups excluding carboxylic acids is 1. The van der Waals surface area contributed by atoms with Crippen molar-refractivity contribution in [1.82, 2.24) is 5.32 Å².